The van der Waals surface area contributed by atoms with Crippen molar-refractivity contribution in [1.29, 1.82) is 0 Å². The summed E-state index contributed by atoms with van der Waals surface area (Å²) in [5, 5.41) is 14.4. The Morgan fingerprint density at radius 1 is 1.22 bits per heavy atom. The van der Waals surface area contributed by atoms with Gasteiger partial charge in [-0.15, -0.1) is 28.5 Å². The lowest BCUT2D eigenvalue weighted by molar-refractivity contribution is 0.222. The molecule has 0 saturated carbocycles. The van der Waals surface area contributed by atoms with Gasteiger partial charge in [0.2, 0.25) is 17.0 Å². The number of nitrogens with zero attached hydrogens (tertiary/aromatic N) is 7. The molecular weight excluding hydrogens is 424 g/mol. The maximum absolute atomic E-state index is 6.10. The number of hydrogen-bond acceptors (Lipinski definition) is 9. The summed E-state index contributed by atoms with van der Waals surface area (Å²) in [6, 6.07) is 7.85. The third kappa shape index (κ3) is 5.92. The van der Waals surface area contributed by atoms with E-state index in [9.17, 15) is 0 Å². The Kier molecular flexibility index (Phi) is 7.96. The summed E-state index contributed by atoms with van der Waals surface area (Å²) in [5.41, 5.74) is 7.03. The maximum atomic E-state index is 6.10. The average molecular weight is 455 g/mol. The SMILES string of the molecule is C=CCN(CC=C)c1nc(N)n(-c2nnc(-c3cccc(OCC(C)CN(C)C)c3)s2)n1. The number of rotatable bonds is 12. The Labute approximate surface area is 192 Å². The molecule has 10 heteroatoms. The number of hydrogen-bond donors (Lipinski definition) is 1. The van der Waals surface area contributed by atoms with E-state index in [-0.39, 0.29) is 5.95 Å². The first-order valence-corrected chi connectivity index (χ1v) is 11.1. The summed E-state index contributed by atoms with van der Waals surface area (Å²) in [5.74, 6) is 1.96. The maximum Gasteiger partial charge on any atom is 0.247 e. The number of benzene rings is 1. The van der Waals surface area contributed by atoms with Crippen LogP contribution in [0.4, 0.5) is 11.9 Å². The monoisotopic (exact) mass is 454 g/mol. The molecule has 0 aliphatic carbocycles. The molecule has 0 amide bonds. The van der Waals surface area contributed by atoms with Crippen molar-refractivity contribution in [2.75, 3.05) is 51.0 Å². The first-order chi connectivity index (χ1) is 15.4. The average Bonchev–Trinajstić information content (AvgIpc) is 3.39. The van der Waals surface area contributed by atoms with E-state index in [1.54, 1.807) is 12.2 Å². The molecule has 0 saturated heterocycles. The predicted molar refractivity (Wildman–Crippen MR) is 130 cm³/mol. The number of aromatic nitrogens is 5. The molecule has 0 spiro atoms. The van der Waals surface area contributed by atoms with Crippen molar-refractivity contribution in [3.63, 3.8) is 0 Å². The zero-order valence-corrected chi connectivity index (χ0v) is 19.6. The third-order valence-corrected chi connectivity index (χ3v) is 5.44. The van der Waals surface area contributed by atoms with Crippen LogP contribution in [0.25, 0.3) is 15.7 Å². The predicted octanol–water partition coefficient (Wildman–Crippen LogP) is 3.12. The van der Waals surface area contributed by atoms with Crippen LogP contribution in [0.15, 0.2) is 49.6 Å². The van der Waals surface area contributed by atoms with Crippen LogP contribution >= 0.6 is 11.3 Å². The highest BCUT2D eigenvalue weighted by molar-refractivity contribution is 7.17. The molecule has 9 nitrogen and oxygen atoms in total. The van der Waals surface area contributed by atoms with E-state index in [4.69, 9.17) is 10.5 Å². The second-order valence-corrected chi connectivity index (χ2v) is 8.72. The van der Waals surface area contributed by atoms with Crippen LogP contribution < -0.4 is 15.4 Å². The van der Waals surface area contributed by atoms with Gasteiger partial charge in [0, 0.05) is 31.1 Å². The van der Waals surface area contributed by atoms with Crippen molar-refractivity contribution < 1.29 is 4.74 Å². The Hall–Kier alpha value is -3.24. The fourth-order valence-corrected chi connectivity index (χ4v) is 3.99. The lowest BCUT2D eigenvalue weighted by atomic mass is 10.2. The van der Waals surface area contributed by atoms with E-state index in [0.29, 0.717) is 36.7 Å². The molecule has 0 bridgehead atoms. The first kappa shape index (κ1) is 23.4. The summed E-state index contributed by atoms with van der Waals surface area (Å²) in [4.78, 5) is 8.42. The Morgan fingerprint density at radius 2 is 1.97 bits per heavy atom. The van der Waals surface area contributed by atoms with Crippen molar-refractivity contribution in [2.45, 2.75) is 6.92 Å². The second-order valence-electron chi connectivity index (χ2n) is 7.76. The van der Waals surface area contributed by atoms with E-state index < -0.39 is 0 Å². The highest BCUT2D eigenvalue weighted by Gasteiger charge is 2.17. The minimum atomic E-state index is 0.243. The lowest BCUT2D eigenvalue weighted by Crippen LogP contribution is -2.24. The minimum Gasteiger partial charge on any atom is -0.493 e. The molecule has 2 heterocycles. The molecule has 0 aliphatic heterocycles. The molecule has 0 fully saturated rings. The highest BCUT2D eigenvalue weighted by atomic mass is 32.1. The molecular formula is C22H30N8OS. The van der Waals surface area contributed by atoms with Crippen molar-refractivity contribution >= 4 is 23.2 Å². The lowest BCUT2D eigenvalue weighted by Gasteiger charge is -2.17. The molecule has 2 N–H and O–H groups in total. The number of anilines is 2. The van der Waals surface area contributed by atoms with E-state index in [2.05, 4.69) is 59.4 Å². The van der Waals surface area contributed by atoms with Crippen molar-refractivity contribution in [1.82, 2.24) is 29.9 Å². The quantitative estimate of drug-likeness (QED) is 0.417. The largest absolute Gasteiger partial charge is 0.493 e. The van der Waals surface area contributed by atoms with E-state index in [1.807, 2.05) is 29.2 Å². The van der Waals surface area contributed by atoms with Gasteiger partial charge >= 0.3 is 0 Å². The standard InChI is InChI=1S/C22H30N8OS/c1-6-11-29(12-7-2)21-24-20(23)30(27-21)22-26-25-19(32-22)17-9-8-10-18(13-17)31-15-16(3)14-28(4)5/h6-10,13,16H,1-2,11-12,14-15H2,3-5H3,(H2,23,24,27). The van der Waals surface area contributed by atoms with Gasteiger partial charge in [-0.3, -0.25) is 0 Å². The zero-order valence-electron chi connectivity index (χ0n) is 18.8. The minimum absolute atomic E-state index is 0.243. The summed E-state index contributed by atoms with van der Waals surface area (Å²) >= 11 is 1.38. The van der Waals surface area contributed by atoms with Gasteiger partial charge in [0.15, 0.2) is 0 Å². The number of nitrogen functional groups attached to an aromatic ring is 1. The van der Waals surface area contributed by atoms with Crippen molar-refractivity contribution in [3.05, 3.63) is 49.6 Å². The van der Waals surface area contributed by atoms with Gasteiger partial charge in [-0.05, 0) is 26.2 Å². The molecule has 0 aliphatic rings. The second kappa shape index (κ2) is 10.9. The molecule has 1 unspecified atom stereocenters. The molecule has 1 atom stereocenters. The van der Waals surface area contributed by atoms with Crippen molar-refractivity contribution in [3.8, 4) is 21.5 Å². The normalized spacial score (nSPS) is 12.0. The van der Waals surface area contributed by atoms with Crippen LogP contribution in [0.5, 0.6) is 5.75 Å². The number of ether oxygens (including phenoxy) is 1. The Morgan fingerprint density at radius 3 is 2.66 bits per heavy atom. The number of nitrogens with two attached hydrogens (primary N) is 1. The summed E-state index contributed by atoms with van der Waals surface area (Å²) in [6.45, 7) is 12.5. The third-order valence-electron chi connectivity index (χ3n) is 4.49. The summed E-state index contributed by atoms with van der Waals surface area (Å²) < 4.78 is 7.48. The fraction of sp³-hybridized carbons (Fsp3) is 0.364. The van der Waals surface area contributed by atoms with Gasteiger partial charge in [0.05, 0.1) is 6.61 Å². The molecule has 32 heavy (non-hydrogen) atoms. The van der Waals surface area contributed by atoms with E-state index >= 15 is 0 Å². The van der Waals surface area contributed by atoms with Crippen LogP contribution in [0.3, 0.4) is 0 Å². The van der Waals surface area contributed by atoms with Crippen LogP contribution in [0, 0.1) is 5.92 Å². The fourth-order valence-electron chi connectivity index (χ4n) is 3.19. The smallest absolute Gasteiger partial charge is 0.247 e. The molecule has 170 valence electrons. The van der Waals surface area contributed by atoms with Crippen LogP contribution in [0.1, 0.15) is 6.92 Å². The van der Waals surface area contributed by atoms with Crippen LogP contribution in [0.2, 0.25) is 0 Å². The van der Waals surface area contributed by atoms with Gasteiger partial charge in [-0.2, -0.15) is 9.67 Å². The Bertz CT molecular complexity index is 1030. The van der Waals surface area contributed by atoms with E-state index in [0.717, 1.165) is 22.9 Å². The molecule has 1 aromatic carbocycles. The zero-order chi connectivity index (χ0) is 23.1. The van der Waals surface area contributed by atoms with Gasteiger partial charge in [-0.25, -0.2) is 0 Å². The first-order valence-electron chi connectivity index (χ1n) is 10.3. The van der Waals surface area contributed by atoms with Gasteiger partial charge in [-0.1, -0.05) is 42.5 Å². The molecule has 2 aromatic heterocycles. The van der Waals surface area contributed by atoms with Crippen LogP contribution in [-0.4, -0.2) is 70.2 Å². The summed E-state index contributed by atoms with van der Waals surface area (Å²) in [6.07, 6.45) is 3.56. The Balaban J connectivity index is 1.76. The highest BCUT2D eigenvalue weighted by Crippen LogP contribution is 2.29. The van der Waals surface area contributed by atoms with Crippen molar-refractivity contribution in [2.24, 2.45) is 5.92 Å². The van der Waals surface area contributed by atoms with Gasteiger partial charge < -0.3 is 20.3 Å². The molecule has 3 rings (SSSR count). The van der Waals surface area contributed by atoms with Crippen LogP contribution in [-0.2, 0) is 0 Å². The molecule has 3 aromatic rings. The summed E-state index contributed by atoms with van der Waals surface area (Å²) in [7, 11) is 4.12. The molecule has 0 radical (unpaired) electrons. The van der Waals surface area contributed by atoms with Gasteiger partial charge in [0.1, 0.15) is 10.8 Å². The van der Waals surface area contributed by atoms with Gasteiger partial charge in [0.25, 0.3) is 0 Å². The topological polar surface area (TPSA) is 98.2 Å². The van der Waals surface area contributed by atoms with E-state index in [1.165, 1.54) is 16.0 Å².